The molecule has 4 atom stereocenters. The van der Waals surface area contributed by atoms with E-state index in [2.05, 4.69) is 168 Å². The van der Waals surface area contributed by atoms with Gasteiger partial charge in [0.2, 0.25) is 5.71 Å². The number of fused-ring (bicyclic) bond motifs is 10. The van der Waals surface area contributed by atoms with Crippen LogP contribution in [0.5, 0.6) is 23.0 Å². The number of nitrogens with zero attached hydrogens (tertiary/aromatic N) is 11. The van der Waals surface area contributed by atoms with E-state index in [1.54, 1.807) is 28.4 Å². The molecule has 1 spiro atoms. The summed E-state index contributed by atoms with van der Waals surface area (Å²) in [7, 11) is 6.72. The standard InChI is InChI=1S/C25H29N3O2.2C22H27N2O2.C19H24N2O2.C12H20N2O2/c1-17(2)28(25(29)23-15-20-7-3-4-8-22(20)30-23)24-19-9-12-27(13-10-19)21(24)14-18-6-5-11-26-16-18;1-16(2)24-12-6-8-18(22(24)19-7-5-11-23-15-19)13-17-9-10-20(25-3)14-21(17)26-4;1-16(2)24-12-6-8-19(15-24)22-18(7-5-11-23-22)13-17-9-10-20(25-3)14-21(17)26-4;1-13(2)21(16-12-20-9-7-14(16)8-10-20)19(22)18-11-15-5-3-4-6-17(15)23-18;1-9(2)14-8-12(16-11(14)15)7-13-5-3-10(12)4-6-13/h3-8,11,15-17,19,21,24H,9-10,12-14H2,1-2H3;5,7,9-11,13-16H,6,8,12H2,1-4H3;6,8-10,12-16H,5,7,11H2,1-4H3;3-6,11,13-14,16H,7-10,12H2,1-2H3;9-10H,3-8H2,1-2H3/q;2*+1;;/b;2*18-13+;;/t;;;16-;12-/m...01/s1. The van der Waals surface area contributed by atoms with E-state index >= 15 is 0 Å². The molecular formula is C100H127N11O10+2. The van der Waals surface area contributed by atoms with Crippen LogP contribution >= 0.6 is 0 Å². The quantitative estimate of drug-likeness (QED) is 0.0695. The van der Waals surface area contributed by atoms with E-state index in [1.807, 2.05) is 133 Å². The molecule has 21 heteroatoms. The zero-order valence-electron chi connectivity index (χ0n) is 73.7. The van der Waals surface area contributed by atoms with Crippen molar-refractivity contribution >= 4 is 63.4 Å². The summed E-state index contributed by atoms with van der Waals surface area (Å²) in [5.41, 5.74) is 12.0. The van der Waals surface area contributed by atoms with Crippen LogP contribution in [-0.4, -0.2) is 222 Å². The number of amides is 3. The minimum atomic E-state index is -0.183. The lowest BCUT2D eigenvalue weighted by Gasteiger charge is -2.55. The van der Waals surface area contributed by atoms with Gasteiger partial charge in [-0.05, 0) is 281 Å². The van der Waals surface area contributed by atoms with E-state index < -0.39 is 0 Å². The second-order valence-electron chi connectivity index (χ2n) is 35.3. The van der Waals surface area contributed by atoms with Crippen LogP contribution in [0.15, 0.2) is 196 Å². The molecule has 21 rings (SSSR count). The van der Waals surface area contributed by atoms with Gasteiger partial charge < -0.3 is 52.1 Å². The third-order valence-corrected chi connectivity index (χ3v) is 26.1. The summed E-state index contributed by atoms with van der Waals surface area (Å²) in [5.74, 6) is 5.95. The minimum Gasteiger partial charge on any atom is -0.497 e. The van der Waals surface area contributed by atoms with Crippen LogP contribution in [0.1, 0.15) is 188 Å². The zero-order valence-corrected chi connectivity index (χ0v) is 73.7. The first kappa shape index (κ1) is 86.9. The Morgan fingerprint density at radius 1 is 0.587 bits per heavy atom. The van der Waals surface area contributed by atoms with Crippen molar-refractivity contribution in [1.29, 1.82) is 0 Å². The number of hydrogen-bond donors (Lipinski definition) is 0. The Balaban J connectivity index is 0.000000125. The Labute approximate surface area is 716 Å². The second-order valence-corrected chi connectivity index (χ2v) is 35.3. The number of carbonyl (C=O) groups excluding carboxylic acids is 3. The highest BCUT2D eigenvalue weighted by molar-refractivity contribution is 6.15. The van der Waals surface area contributed by atoms with E-state index in [0.29, 0.717) is 53.4 Å². The molecule has 6 bridgehead atoms. The number of piperidine rings is 9. The Morgan fingerprint density at radius 2 is 1.17 bits per heavy atom. The molecule has 640 valence electrons. The monoisotopic (exact) mass is 1640 g/mol. The lowest BCUT2D eigenvalue weighted by atomic mass is 9.75. The number of allylic oxidation sites excluding steroid dienone is 2. The summed E-state index contributed by atoms with van der Waals surface area (Å²) < 4.78 is 44.0. The van der Waals surface area contributed by atoms with Crippen molar-refractivity contribution in [2.24, 2.45) is 22.7 Å². The SMILES string of the molecule is CC(C)N(C(=O)c1cc2ccccc2o1)C1C2CCN(CC2)C1Cc1cccnc1.CC(C)N(C(=O)c1cc2ccccc2o1)[C@H]1CN2CCC1CC2.CC(C)N1C[C@@]2(CN3CCC2CC3)OC1=O.COc1ccc(/C=C2\CCCN=C2c2ccc[n+](C(C)C)c2)c(OC)c1.COc1ccc(/C=C2\CCC[N+](C(C)C)=C2c2cccnc2)c(OC)c1. The zero-order chi connectivity index (χ0) is 85.0. The maximum Gasteiger partial charge on any atom is 0.410 e. The Morgan fingerprint density at radius 3 is 1.69 bits per heavy atom. The molecule has 4 aromatic carbocycles. The fraction of sp³-hybridized carbons (Fsp3) is 0.480. The van der Waals surface area contributed by atoms with Gasteiger partial charge in [0, 0.05) is 133 Å². The fourth-order valence-corrected chi connectivity index (χ4v) is 19.8. The molecule has 17 heterocycles. The summed E-state index contributed by atoms with van der Waals surface area (Å²) in [5, 5.41) is 1.97. The number of aromatic nitrogens is 3. The molecule has 2 unspecified atom stereocenters. The molecule has 3 amide bonds. The van der Waals surface area contributed by atoms with Crippen molar-refractivity contribution in [3.05, 3.63) is 221 Å². The van der Waals surface area contributed by atoms with Gasteiger partial charge in [-0.15, -0.1) is 0 Å². The smallest absolute Gasteiger partial charge is 0.410 e. The minimum absolute atomic E-state index is 0.0103. The number of methoxy groups -OCH3 is 4. The molecule has 10 saturated heterocycles. The van der Waals surface area contributed by atoms with Crippen LogP contribution in [0.3, 0.4) is 0 Å². The first-order valence-corrected chi connectivity index (χ1v) is 44.3. The average Bonchev–Trinajstić information content (AvgIpc) is 1.68. The number of pyridine rings is 3. The summed E-state index contributed by atoms with van der Waals surface area (Å²) >= 11 is 0. The summed E-state index contributed by atoms with van der Waals surface area (Å²) in [4.78, 5) is 65.8. The van der Waals surface area contributed by atoms with Crippen LogP contribution in [0.2, 0.25) is 0 Å². The number of benzene rings is 4. The van der Waals surface area contributed by atoms with E-state index in [4.69, 9.17) is 37.5 Å². The third kappa shape index (κ3) is 20.0. The summed E-state index contributed by atoms with van der Waals surface area (Å²) in [6.45, 7) is 33.1. The number of para-hydroxylation sites is 2. The Bertz CT molecular complexity index is 5080. The van der Waals surface area contributed by atoms with Crippen molar-refractivity contribution in [3.8, 4) is 23.0 Å². The van der Waals surface area contributed by atoms with Crippen LogP contribution in [0.25, 0.3) is 34.1 Å². The molecule has 0 radical (unpaired) electrons. The van der Waals surface area contributed by atoms with Gasteiger partial charge >= 0.3 is 6.09 Å². The van der Waals surface area contributed by atoms with Crippen molar-refractivity contribution in [2.75, 3.05) is 100 Å². The normalized spacial score (nSPS) is 24.0. The predicted octanol–water partition coefficient (Wildman–Crippen LogP) is 17.5. The lowest BCUT2D eigenvalue weighted by Crippen LogP contribution is -2.66. The van der Waals surface area contributed by atoms with Gasteiger partial charge in [-0.2, -0.15) is 0 Å². The van der Waals surface area contributed by atoms with E-state index in [9.17, 15) is 14.4 Å². The van der Waals surface area contributed by atoms with Crippen LogP contribution in [-0.2, 0) is 11.2 Å². The number of ether oxygens (including phenoxy) is 5. The number of carbonyl (C=O) groups is 3. The summed E-state index contributed by atoms with van der Waals surface area (Å²) in [6.07, 6.45) is 28.5. The summed E-state index contributed by atoms with van der Waals surface area (Å²) in [6, 6.07) is 46.1. The Hall–Kier alpha value is -10.5. The Kier molecular flexibility index (Phi) is 28.4. The van der Waals surface area contributed by atoms with Crippen molar-refractivity contribution in [3.63, 3.8) is 0 Å². The number of rotatable bonds is 19. The first-order valence-electron chi connectivity index (χ1n) is 44.3. The van der Waals surface area contributed by atoms with Gasteiger partial charge in [0.25, 0.3) is 11.8 Å². The van der Waals surface area contributed by atoms with Crippen LogP contribution in [0, 0.1) is 17.8 Å². The van der Waals surface area contributed by atoms with Crippen LogP contribution < -0.4 is 23.5 Å². The number of hydrogen-bond acceptors (Lipinski definition) is 16. The third-order valence-electron chi connectivity index (χ3n) is 26.1. The van der Waals surface area contributed by atoms with Crippen molar-refractivity contribution < 1.29 is 56.0 Å². The highest BCUT2D eigenvalue weighted by Gasteiger charge is 2.56. The highest BCUT2D eigenvalue weighted by Crippen LogP contribution is 2.44. The molecule has 10 fully saturated rings. The molecule has 21 nitrogen and oxygen atoms in total. The molecule has 12 aliphatic heterocycles. The van der Waals surface area contributed by atoms with Gasteiger partial charge in [-0.3, -0.25) is 34.3 Å². The lowest BCUT2D eigenvalue weighted by molar-refractivity contribution is -0.716. The van der Waals surface area contributed by atoms with Crippen molar-refractivity contribution in [1.82, 2.24) is 39.4 Å². The maximum atomic E-state index is 13.7. The molecule has 5 aromatic heterocycles. The highest BCUT2D eigenvalue weighted by atomic mass is 16.6. The molecule has 12 aliphatic rings. The van der Waals surface area contributed by atoms with Gasteiger partial charge in [0.15, 0.2) is 30.0 Å². The molecule has 0 N–H and O–H groups in total. The number of furan rings is 2. The second kappa shape index (κ2) is 39.6. The van der Waals surface area contributed by atoms with Gasteiger partial charge in [-0.25, -0.2) is 13.9 Å². The van der Waals surface area contributed by atoms with Crippen LogP contribution in [0.4, 0.5) is 4.79 Å². The first-order chi connectivity index (χ1) is 58.6. The van der Waals surface area contributed by atoms with E-state index in [0.717, 1.165) is 153 Å². The van der Waals surface area contributed by atoms with Gasteiger partial charge in [-0.1, -0.05) is 42.5 Å². The van der Waals surface area contributed by atoms with Gasteiger partial charge in [0.1, 0.15) is 52.4 Å². The largest absolute Gasteiger partial charge is 0.497 e. The number of aliphatic imine (C=N–C) groups is 1. The molecule has 9 aromatic rings. The maximum absolute atomic E-state index is 13.7. The van der Waals surface area contributed by atoms with Gasteiger partial charge in [0.05, 0.1) is 57.9 Å². The fourth-order valence-electron chi connectivity index (χ4n) is 19.8. The van der Waals surface area contributed by atoms with Crippen molar-refractivity contribution in [2.45, 2.75) is 194 Å². The van der Waals surface area contributed by atoms with E-state index in [1.165, 1.54) is 85.4 Å². The topological polar surface area (TPSA) is 188 Å². The molecule has 121 heavy (non-hydrogen) atoms. The molecular weight excluding hydrogens is 1520 g/mol. The molecule has 0 aliphatic carbocycles. The predicted molar refractivity (Wildman–Crippen MR) is 479 cm³/mol. The molecule has 0 saturated carbocycles. The van der Waals surface area contributed by atoms with E-state index in [-0.39, 0.29) is 47.7 Å². The average molecular weight is 1640 g/mol.